The van der Waals surface area contributed by atoms with Crippen LogP contribution in [0.15, 0.2) is 143 Å². The van der Waals surface area contributed by atoms with Crippen molar-refractivity contribution in [3.8, 4) is 22.3 Å². The fourth-order valence-electron chi connectivity index (χ4n) is 7.44. The zero-order chi connectivity index (χ0) is 31.0. The maximum absolute atomic E-state index is 6.66. The number of aliphatic imine (C=N–C) groups is 2. The number of nitrogens with zero attached hydrogens (tertiary/aromatic N) is 3. The second-order valence-electron chi connectivity index (χ2n) is 12.7. The molecule has 1 atom stereocenters. The Morgan fingerprint density at radius 3 is 1.87 bits per heavy atom. The van der Waals surface area contributed by atoms with Crippen LogP contribution < -0.4 is 0 Å². The Balaban J connectivity index is 1.12. The van der Waals surface area contributed by atoms with Crippen molar-refractivity contribution in [2.24, 2.45) is 9.98 Å². The molecule has 0 spiro atoms. The van der Waals surface area contributed by atoms with E-state index in [-0.39, 0.29) is 5.41 Å². The maximum atomic E-state index is 6.66. The molecular formula is C42H29ClN3-. The van der Waals surface area contributed by atoms with E-state index >= 15 is 0 Å². The van der Waals surface area contributed by atoms with Gasteiger partial charge >= 0.3 is 0 Å². The summed E-state index contributed by atoms with van der Waals surface area (Å²) < 4.78 is 0. The molecule has 9 rings (SSSR count). The van der Waals surface area contributed by atoms with Gasteiger partial charge in [-0.25, -0.2) is 0 Å². The number of rotatable bonds is 3. The summed E-state index contributed by atoms with van der Waals surface area (Å²) in [4.78, 5) is 9.63. The summed E-state index contributed by atoms with van der Waals surface area (Å²) in [5.74, 6) is 1.18. The van der Waals surface area contributed by atoms with Gasteiger partial charge < -0.3 is 10.3 Å². The summed E-state index contributed by atoms with van der Waals surface area (Å²) in [7, 11) is 0. The SMILES string of the molecule is CC1(C)c2ccccc2-c2ccc(-c3cccc(C4=NC(Cl)[N-]C(c5ccc6c7ccccc7c7ccccc7c6c5)=N4)c3)cc21. The van der Waals surface area contributed by atoms with Crippen LogP contribution in [0.2, 0.25) is 0 Å². The van der Waals surface area contributed by atoms with Crippen LogP contribution in [-0.2, 0) is 5.41 Å². The third-order valence-corrected chi connectivity index (χ3v) is 9.90. The number of alkyl halides is 1. The van der Waals surface area contributed by atoms with Crippen molar-refractivity contribution < 1.29 is 0 Å². The number of halogens is 1. The number of benzene rings is 7. The standard InChI is InChI=1S/C42H29ClN3/c1-42(2)37-17-8-7-16-34(37)35-21-18-26(24-38(35)42)25-10-9-11-27(22-25)39-44-40(46-41(43)45-39)28-19-20-33-31-14-4-3-12-29(31)30-13-5-6-15-32(30)36(33)23-28/h3-24,41H,1-2H3/q-1. The molecule has 0 fully saturated rings. The normalized spacial score (nSPS) is 16.5. The molecule has 4 heteroatoms. The highest BCUT2D eigenvalue weighted by molar-refractivity contribution is 6.31. The van der Waals surface area contributed by atoms with E-state index < -0.39 is 5.62 Å². The van der Waals surface area contributed by atoms with Gasteiger partial charge in [0.2, 0.25) is 0 Å². The van der Waals surface area contributed by atoms with Crippen LogP contribution in [-0.4, -0.2) is 17.3 Å². The summed E-state index contributed by atoms with van der Waals surface area (Å²) in [6.07, 6.45) is 0. The van der Waals surface area contributed by atoms with Crippen LogP contribution in [0, 0.1) is 0 Å². The summed E-state index contributed by atoms with van der Waals surface area (Å²) in [5, 5.41) is 12.0. The maximum Gasteiger partial charge on any atom is 0.133 e. The van der Waals surface area contributed by atoms with E-state index in [1.54, 1.807) is 0 Å². The average molecular weight is 611 g/mol. The second kappa shape index (κ2) is 10.1. The van der Waals surface area contributed by atoms with Gasteiger partial charge in [-0.05, 0) is 95.0 Å². The molecule has 0 bridgehead atoms. The average Bonchev–Trinajstić information content (AvgIpc) is 3.33. The Labute approximate surface area is 272 Å². The minimum atomic E-state index is -0.755. The topological polar surface area (TPSA) is 38.8 Å². The number of hydrogen-bond acceptors (Lipinski definition) is 2. The molecule has 46 heavy (non-hydrogen) atoms. The predicted molar refractivity (Wildman–Crippen MR) is 194 cm³/mol. The van der Waals surface area contributed by atoms with E-state index in [2.05, 4.69) is 152 Å². The fourth-order valence-corrected chi connectivity index (χ4v) is 7.62. The van der Waals surface area contributed by atoms with Crippen LogP contribution in [0.25, 0.3) is 59.9 Å². The van der Waals surface area contributed by atoms with Crippen molar-refractivity contribution in [1.29, 1.82) is 0 Å². The van der Waals surface area contributed by atoms with Crippen LogP contribution in [0.4, 0.5) is 0 Å². The van der Waals surface area contributed by atoms with Crippen molar-refractivity contribution in [3.05, 3.63) is 161 Å². The largest absolute Gasteiger partial charge is 0.429 e. The van der Waals surface area contributed by atoms with Crippen LogP contribution in [0.1, 0.15) is 36.1 Å². The zero-order valence-electron chi connectivity index (χ0n) is 25.5. The van der Waals surface area contributed by atoms with Gasteiger partial charge in [0.1, 0.15) is 5.62 Å². The van der Waals surface area contributed by atoms with Crippen molar-refractivity contribution >= 4 is 55.6 Å². The van der Waals surface area contributed by atoms with Gasteiger partial charge in [0.05, 0.1) is 5.84 Å². The molecule has 0 N–H and O–H groups in total. The lowest BCUT2D eigenvalue weighted by molar-refractivity contribution is 0.660. The van der Waals surface area contributed by atoms with Gasteiger partial charge in [0, 0.05) is 5.41 Å². The van der Waals surface area contributed by atoms with Crippen LogP contribution in [0.3, 0.4) is 0 Å². The van der Waals surface area contributed by atoms with E-state index in [4.69, 9.17) is 16.6 Å². The van der Waals surface area contributed by atoms with E-state index in [1.807, 2.05) is 6.07 Å². The molecule has 1 aliphatic carbocycles. The van der Waals surface area contributed by atoms with E-state index in [0.29, 0.717) is 11.7 Å². The molecule has 1 unspecified atom stereocenters. The lowest BCUT2D eigenvalue weighted by Crippen LogP contribution is -2.16. The Bertz CT molecular complexity index is 2420. The Hall–Kier alpha value is -5.25. The molecule has 0 radical (unpaired) electrons. The van der Waals surface area contributed by atoms with Crippen LogP contribution in [0.5, 0.6) is 0 Å². The highest BCUT2D eigenvalue weighted by atomic mass is 35.5. The summed E-state index contributed by atoms with van der Waals surface area (Å²) in [5.41, 5.74) is 8.67. The molecule has 0 amide bonds. The zero-order valence-corrected chi connectivity index (χ0v) is 26.3. The summed E-state index contributed by atoms with van der Waals surface area (Å²) in [6, 6.07) is 47.6. The lowest BCUT2D eigenvalue weighted by atomic mass is 9.81. The van der Waals surface area contributed by atoms with Crippen molar-refractivity contribution in [2.75, 3.05) is 0 Å². The summed E-state index contributed by atoms with van der Waals surface area (Å²) in [6.45, 7) is 4.63. The van der Waals surface area contributed by atoms with E-state index in [0.717, 1.165) is 16.7 Å². The molecule has 0 saturated carbocycles. The highest BCUT2D eigenvalue weighted by Crippen LogP contribution is 2.49. The Morgan fingerprint density at radius 2 is 1.11 bits per heavy atom. The molecule has 7 aromatic carbocycles. The quantitative estimate of drug-likeness (QED) is 0.108. The molecule has 1 aliphatic heterocycles. The Kier molecular flexibility index (Phi) is 5.97. The van der Waals surface area contributed by atoms with Gasteiger partial charge in [-0.1, -0.05) is 147 Å². The summed E-state index contributed by atoms with van der Waals surface area (Å²) >= 11 is 6.66. The van der Waals surface area contributed by atoms with Crippen molar-refractivity contribution in [1.82, 2.24) is 0 Å². The molecule has 0 saturated heterocycles. The van der Waals surface area contributed by atoms with Crippen LogP contribution >= 0.6 is 11.6 Å². The van der Waals surface area contributed by atoms with Gasteiger partial charge in [-0.2, -0.15) is 0 Å². The van der Waals surface area contributed by atoms with Gasteiger partial charge in [-0.15, -0.1) is 0 Å². The third kappa shape index (κ3) is 4.12. The molecule has 1 heterocycles. The van der Waals surface area contributed by atoms with Gasteiger partial charge in [0.25, 0.3) is 0 Å². The third-order valence-electron chi connectivity index (χ3n) is 9.71. The molecule has 3 nitrogen and oxygen atoms in total. The first-order valence-electron chi connectivity index (χ1n) is 15.7. The molecular weight excluding hydrogens is 582 g/mol. The lowest BCUT2D eigenvalue weighted by Gasteiger charge is -2.29. The van der Waals surface area contributed by atoms with Gasteiger partial charge in [0.15, 0.2) is 0 Å². The number of fused-ring (bicyclic) bond motifs is 9. The molecule has 7 aromatic rings. The smallest absolute Gasteiger partial charge is 0.133 e. The monoisotopic (exact) mass is 610 g/mol. The Morgan fingerprint density at radius 1 is 0.522 bits per heavy atom. The first kappa shape index (κ1) is 27.1. The minimum Gasteiger partial charge on any atom is -0.429 e. The fraction of sp³-hybridized carbons (Fsp3) is 0.0952. The van der Waals surface area contributed by atoms with E-state index in [9.17, 15) is 0 Å². The van der Waals surface area contributed by atoms with Crippen molar-refractivity contribution in [2.45, 2.75) is 24.9 Å². The molecule has 2 aliphatic rings. The highest BCUT2D eigenvalue weighted by Gasteiger charge is 2.35. The number of amidine groups is 2. The second-order valence-corrected chi connectivity index (χ2v) is 13.1. The minimum absolute atomic E-state index is 0.0585. The first-order valence-corrected chi connectivity index (χ1v) is 16.1. The number of hydrogen-bond donors (Lipinski definition) is 0. The molecule has 0 aromatic heterocycles. The van der Waals surface area contributed by atoms with Gasteiger partial charge in [-0.3, -0.25) is 4.99 Å². The van der Waals surface area contributed by atoms with Crippen molar-refractivity contribution in [3.63, 3.8) is 0 Å². The first-order chi connectivity index (χ1) is 22.5. The predicted octanol–water partition coefficient (Wildman–Crippen LogP) is 11.2. The molecule has 220 valence electrons. The van der Waals surface area contributed by atoms with E-state index in [1.165, 1.54) is 60.1 Å².